The van der Waals surface area contributed by atoms with Crippen LogP contribution < -0.4 is 10.2 Å². The molecule has 1 fully saturated rings. The van der Waals surface area contributed by atoms with Gasteiger partial charge >= 0.3 is 0 Å². The molecule has 5 nitrogen and oxygen atoms in total. The minimum atomic E-state index is -0.0161. The summed E-state index contributed by atoms with van der Waals surface area (Å²) in [5, 5.41) is 6.57. The van der Waals surface area contributed by atoms with Crippen LogP contribution in [0.5, 0.6) is 0 Å². The van der Waals surface area contributed by atoms with Crippen molar-refractivity contribution in [1.82, 2.24) is 4.98 Å². The Kier molecular flexibility index (Phi) is 6.37. The molecular formula is C27H27N3O2S. The maximum atomic E-state index is 12.7. The molecule has 2 heterocycles. The Morgan fingerprint density at radius 3 is 2.61 bits per heavy atom. The number of fused-ring (bicyclic) bond motifs is 1. The molecular weight excluding hydrogens is 430 g/mol. The number of rotatable bonds is 6. The Bertz CT molecular complexity index is 1250. The van der Waals surface area contributed by atoms with E-state index in [9.17, 15) is 4.79 Å². The van der Waals surface area contributed by atoms with Gasteiger partial charge in [0.2, 0.25) is 5.91 Å². The van der Waals surface area contributed by atoms with Crippen molar-refractivity contribution in [2.24, 2.45) is 0 Å². The van der Waals surface area contributed by atoms with Gasteiger partial charge in [-0.05, 0) is 47.5 Å². The summed E-state index contributed by atoms with van der Waals surface area (Å²) in [5.74, 6) is -0.0161. The third kappa shape index (κ3) is 5.07. The van der Waals surface area contributed by atoms with E-state index in [2.05, 4.69) is 64.8 Å². The smallest absolute Gasteiger partial charge is 0.229 e. The number of nitrogens with one attached hydrogen (secondary N) is 1. The molecule has 3 aromatic carbocycles. The van der Waals surface area contributed by atoms with Crippen LogP contribution in [0.1, 0.15) is 21.1 Å². The number of morpholine rings is 1. The summed E-state index contributed by atoms with van der Waals surface area (Å²) < 4.78 is 5.41. The molecule has 0 atom stereocenters. The second-order valence-corrected chi connectivity index (χ2v) is 9.47. The van der Waals surface area contributed by atoms with Crippen molar-refractivity contribution < 1.29 is 9.53 Å². The van der Waals surface area contributed by atoms with Crippen molar-refractivity contribution >= 4 is 39.4 Å². The zero-order chi connectivity index (χ0) is 22.6. The molecule has 0 aliphatic carbocycles. The number of hydrogen-bond acceptors (Lipinski definition) is 5. The molecule has 168 valence electrons. The van der Waals surface area contributed by atoms with E-state index in [0.29, 0.717) is 6.42 Å². The molecule has 0 spiro atoms. The molecule has 1 saturated heterocycles. The Labute approximate surface area is 198 Å². The lowest BCUT2D eigenvalue weighted by Gasteiger charge is -2.28. The van der Waals surface area contributed by atoms with Crippen LogP contribution in [0.25, 0.3) is 10.8 Å². The molecule has 0 unspecified atom stereocenters. The Hall–Kier alpha value is -3.22. The van der Waals surface area contributed by atoms with Gasteiger partial charge < -0.3 is 15.0 Å². The van der Waals surface area contributed by atoms with E-state index < -0.39 is 0 Å². The monoisotopic (exact) mass is 457 g/mol. The van der Waals surface area contributed by atoms with Crippen molar-refractivity contribution in [3.63, 3.8) is 0 Å². The number of hydrogen-bond donors (Lipinski definition) is 1. The fourth-order valence-corrected chi connectivity index (χ4v) is 5.36. The summed E-state index contributed by atoms with van der Waals surface area (Å²) in [6.45, 7) is 5.31. The van der Waals surface area contributed by atoms with Gasteiger partial charge in [-0.2, -0.15) is 0 Å². The molecule has 1 amide bonds. The molecule has 1 aliphatic heterocycles. The number of thiazole rings is 1. The van der Waals surface area contributed by atoms with Crippen molar-refractivity contribution in [3.05, 3.63) is 87.9 Å². The SMILES string of the molecule is Cc1nc(Cc2cccc3ccccc23)sc1CC(=O)Nc1ccc(N2CCOCC2)cc1. The average molecular weight is 458 g/mol. The molecule has 1 aliphatic rings. The molecule has 5 rings (SSSR count). The first kappa shape index (κ1) is 21.6. The predicted octanol–water partition coefficient (Wildman–Crippen LogP) is 5.21. The second-order valence-electron chi connectivity index (χ2n) is 8.30. The zero-order valence-corrected chi connectivity index (χ0v) is 19.5. The number of ether oxygens (including phenoxy) is 1. The van der Waals surface area contributed by atoms with Gasteiger partial charge in [0.1, 0.15) is 0 Å². The number of carbonyl (C=O) groups excluding carboxylic acids is 1. The maximum Gasteiger partial charge on any atom is 0.229 e. The van der Waals surface area contributed by atoms with Gasteiger partial charge in [-0.25, -0.2) is 4.98 Å². The number of amides is 1. The Morgan fingerprint density at radius 2 is 1.79 bits per heavy atom. The maximum absolute atomic E-state index is 12.7. The highest BCUT2D eigenvalue weighted by molar-refractivity contribution is 7.11. The van der Waals surface area contributed by atoms with Gasteiger partial charge in [-0.15, -0.1) is 11.3 Å². The van der Waals surface area contributed by atoms with Crippen LogP contribution >= 0.6 is 11.3 Å². The molecule has 0 saturated carbocycles. The van der Waals surface area contributed by atoms with E-state index in [4.69, 9.17) is 9.72 Å². The average Bonchev–Trinajstić information content (AvgIpc) is 3.18. The van der Waals surface area contributed by atoms with E-state index in [1.807, 2.05) is 19.1 Å². The van der Waals surface area contributed by atoms with E-state index in [1.54, 1.807) is 11.3 Å². The van der Waals surface area contributed by atoms with Crippen molar-refractivity contribution in [2.45, 2.75) is 19.8 Å². The number of nitrogens with zero attached hydrogens (tertiary/aromatic N) is 2. The highest BCUT2D eigenvalue weighted by Gasteiger charge is 2.14. The minimum absolute atomic E-state index is 0.0161. The van der Waals surface area contributed by atoms with Crippen molar-refractivity contribution in [2.75, 3.05) is 36.5 Å². The molecule has 1 aromatic heterocycles. The van der Waals surface area contributed by atoms with E-state index >= 15 is 0 Å². The number of anilines is 2. The number of aryl methyl sites for hydroxylation is 1. The minimum Gasteiger partial charge on any atom is -0.378 e. The first-order chi connectivity index (χ1) is 16.2. The summed E-state index contributed by atoms with van der Waals surface area (Å²) in [5.41, 5.74) is 4.18. The summed E-state index contributed by atoms with van der Waals surface area (Å²) >= 11 is 1.63. The first-order valence-corrected chi connectivity index (χ1v) is 12.1. The van der Waals surface area contributed by atoms with E-state index in [1.165, 1.54) is 16.3 Å². The van der Waals surface area contributed by atoms with Gasteiger partial charge in [0.25, 0.3) is 0 Å². The molecule has 0 radical (unpaired) electrons. The predicted molar refractivity (Wildman–Crippen MR) is 135 cm³/mol. The lowest BCUT2D eigenvalue weighted by atomic mass is 10.0. The molecule has 6 heteroatoms. The van der Waals surface area contributed by atoms with Crippen LogP contribution in [0.4, 0.5) is 11.4 Å². The fourth-order valence-electron chi connectivity index (χ4n) is 4.27. The van der Waals surface area contributed by atoms with Gasteiger partial charge in [-0.1, -0.05) is 42.5 Å². The second kappa shape index (κ2) is 9.73. The van der Waals surface area contributed by atoms with E-state index in [0.717, 1.165) is 59.7 Å². The number of carbonyl (C=O) groups is 1. The van der Waals surface area contributed by atoms with Crippen molar-refractivity contribution in [1.29, 1.82) is 0 Å². The lowest BCUT2D eigenvalue weighted by Crippen LogP contribution is -2.36. The fraction of sp³-hybridized carbons (Fsp3) is 0.259. The van der Waals surface area contributed by atoms with Gasteiger partial charge in [-0.3, -0.25) is 4.79 Å². The standard InChI is InChI=1S/C27H27N3O2S/c1-19-25(33-27(28-19)17-21-7-4-6-20-5-2-3-8-24(20)21)18-26(31)29-22-9-11-23(12-10-22)30-13-15-32-16-14-30/h2-12H,13-18H2,1H3,(H,29,31). The molecule has 33 heavy (non-hydrogen) atoms. The molecule has 0 bridgehead atoms. The Morgan fingerprint density at radius 1 is 1.03 bits per heavy atom. The van der Waals surface area contributed by atoms with E-state index in [-0.39, 0.29) is 5.91 Å². The van der Waals surface area contributed by atoms with Crippen LogP contribution in [-0.4, -0.2) is 37.2 Å². The third-order valence-electron chi connectivity index (χ3n) is 6.01. The van der Waals surface area contributed by atoms with Crippen LogP contribution in [0.3, 0.4) is 0 Å². The zero-order valence-electron chi connectivity index (χ0n) is 18.7. The summed E-state index contributed by atoms with van der Waals surface area (Å²) in [4.78, 5) is 20.8. The van der Waals surface area contributed by atoms with Crippen LogP contribution in [0.2, 0.25) is 0 Å². The van der Waals surface area contributed by atoms with Crippen LogP contribution in [0, 0.1) is 6.92 Å². The summed E-state index contributed by atoms with van der Waals surface area (Å²) in [6, 6.07) is 22.9. The topological polar surface area (TPSA) is 54.5 Å². The largest absolute Gasteiger partial charge is 0.378 e. The quantitative estimate of drug-likeness (QED) is 0.432. The summed E-state index contributed by atoms with van der Waals surface area (Å²) in [6.07, 6.45) is 1.11. The summed E-state index contributed by atoms with van der Waals surface area (Å²) in [7, 11) is 0. The van der Waals surface area contributed by atoms with Crippen LogP contribution in [0.15, 0.2) is 66.7 Å². The third-order valence-corrected chi connectivity index (χ3v) is 7.16. The van der Waals surface area contributed by atoms with Gasteiger partial charge in [0.15, 0.2) is 0 Å². The van der Waals surface area contributed by atoms with Crippen molar-refractivity contribution in [3.8, 4) is 0 Å². The van der Waals surface area contributed by atoms with Crippen LogP contribution in [-0.2, 0) is 22.4 Å². The number of aromatic nitrogens is 1. The number of benzene rings is 3. The normalized spacial score (nSPS) is 13.9. The molecule has 4 aromatic rings. The first-order valence-electron chi connectivity index (χ1n) is 11.3. The highest BCUT2D eigenvalue weighted by Crippen LogP contribution is 2.26. The highest BCUT2D eigenvalue weighted by atomic mass is 32.1. The Balaban J connectivity index is 1.23. The van der Waals surface area contributed by atoms with Gasteiger partial charge in [0.05, 0.1) is 30.3 Å². The molecule has 1 N–H and O–H groups in total. The van der Waals surface area contributed by atoms with Gasteiger partial charge in [0, 0.05) is 35.8 Å². The lowest BCUT2D eigenvalue weighted by molar-refractivity contribution is -0.115.